The molecular weight excluding hydrogens is 490 g/mol. The van der Waals surface area contributed by atoms with Gasteiger partial charge in [-0.05, 0) is 47.1 Å². The average molecular weight is 524 g/mol. The zero-order valence-corrected chi connectivity index (χ0v) is 22.1. The molecule has 1 amide bonds. The van der Waals surface area contributed by atoms with Crippen LogP contribution in [0.1, 0.15) is 50.8 Å². The van der Waals surface area contributed by atoms with Crippen molar-refractivity contribution in [2.45, 2.75) is 45.3 Å². The van der Waals surface area contributed by atoms with E-state index in [1.54, 1.807) is 17.2 Å². The summed E-state index contributed by atoms with van der Waals surface area (Å²) in [5.41, 5.74) is 1.80. The summed E-state index contributed by atoms with van der Waals surface area (Å²) in [4.78, 5) is 29.1. The first kappa shape index (κ1) is 26.6. The summed E-state index contributed by atoms with van der Waals surface area (Å²) in [7, 11) is -3.71. The van der Waals surface area contributed by atoms with Gasteiger partial charge in [0.15, 0.2) is 0 Å². The van der Waals surface area contributed by atoms with Crippen LogP contribution in [0.4, 0.5) is 4.79 Å². The number of hydrogen-bond donors (Lipinski definition) is 2. The highest BCUT2D eigenvalue weighted by atomic mass is 32.2. The van der Waals surface area contributed by atoms with E-state index in [-0.39, 0.29) is 17.4 Å². The Balaban J connectivity index is 1.55. The number of amides is 1. The minimum absolute atomic E-state index is 0.155. The topological polar surface area (TPSA) is 123 Å². The van der Waals surface area contributed by atoms with Gasteiger partial charge in [0.25, 0.3) is 0 Å². The lowest BCUT2D eigenvalue weighted by atomic mass is 9.75. The molecule has 0 bridgehead atoms. The van der Waals surface area contributed by atoms with E-state index >= 15 is 0 Å². The van der Waals surface area contributed by atoms with Crippen LogP contribution in [0.2, 0.25) is 0 Å². The van der Waals surface area contributed by atoms with Crippen LogP contribution < -0.4 is 10.7 Å². The third kappa shape index (κ3) is 6.29. The summed E-state index contributed by atoms with van der Waals surface area (Å²) in [5, 5.41) is 5.36. The maximum absolute atomic E-state index is 13.4. The molecule has 2 heterocycles. The molecule has 0 aliphatic carbocycles. The van der Waals surface area contributed by atoms with Crippen molar-refractivity contribution >= 4 is 16.1 Å². The van der Waals surface area contributed by atoms with Crippen molar-refractivity contribution in [3.8, 4) is 11.1 Å². The van der Waals surface area contributed by atoms with Gasteiger partial charge in [-0.1, -0.05) is 68.4 Å². The molecule has 2 aromatic carbocycles. The third-order valence-electron chi connectivity index (χ3n) is 6.91. The van der Waals surface area contributed by atoms with Crippen LogP contribution in [0, 0.1) is 5.41 Å². The molecule has 0 saturated carbocycles. The van der Waals surface area contributed by atoms with Gasteiger partial charge >= 0.3 is 6.09 Å². The standard InChI is InChI=1S/C28H33N3O5S/c1-20(21-9-11-22(12-10-21)23-13-14-25(32)30-17-23)31-16-15-28(36-26(31)33,24-7-5-4-6-8-24)18-27(2,3)19-37(29,34)35/h4-14,17,20H,15-16,18-19H2,1-3H3,(H,30,32)(H2,29,34,35)/t20-,28+/m0/s1. The van der Waals surface area contributed by atoms with Gasteiger partial charge in [0.2, 0.25) is 15.6 Å². The highest BCUT2D eigenvalue weighted by molar-refractivity contribution is 7.89. The number of H-pyrrole nitrogens is 1. The summed E-state index contributed by atoms with van der Waals surface area (Å²) in [5.74, 6) is -0.214. The van der Waals surface area contributed by atoms with Gasteiger partial charge in [-0.15, -0.1) is 0 Å². The van der Waals surface area contributed by atoms with Crippen LogP contribution in [0.5, 0.6) is 0 Å². The van der Waals surface area contributed by atoms with E-state index in [9.17, 15) is 18.0 Å². The Labute approximate surface area is 217 Å². The van der Waals surface area contributed by atoms with Crippen LogP contribution in [-0.2, 0) is 20.4 Å². The number of carbonyl (C=O) groups excluding carboxylic acids is 1. The number of hydrogen-bond acceptors (Lipinski definition) is 5. The quantitative estimate of drug-likeness (QED) is 0.449. The first-order valence-corrected chi connectivity index (χ1v) is 13.9. The second-order valence-corrected chi connectivity index (χ2v) is 12.2. The maximum Gasteiger partial charge on any atom is 0.411 e. The first-order chi connectivity index (χ1) is 17.4. The number of aromatic amines is 1. The van der Waals surface area contributed by atoms with Crippen molar-refractivity contribution in [2.75, 3.05) is 12.3 Å². The number of ether oxygens (including phenoxy) is 1. The van der Waals surface area contributed by atoms with Crippen molar-refractivity contribution in [3.63, 3.8) is 0 Å². The number of rotatable bonds is 8. The normalized spacial score (nSPS) is 19.4. The molecular formula is C28H33N3O5S. The van der Waals surface area contributed by atoms with Gasteiger partial charge in [0, 0.05) is 25.2 Å². The molecule has 1 aliphatic heterocycles. The van der Waals surface area contributed by atoms with Crippen molar-refractivity contribution in [1.29, 1.82) is 0 Å². The Kier molecular flexibility index (Phi) is 7.30. The molecule has 3 aromatic rings. The highest BCUT2D eigenvalue weighted by Gasteiger charge is 2.47. The zero-order valence-electron chi connectivity index (χ0n) is 21.3. The number of aromatic nitrogens is 1. The van der Waals surface area contributed by atoms with Crippen molar-refractivity contribution in [3.05, 3.63) is 94.4 Å². The van der Waals surface area contributed by atoms with Crippen molar-refractivity contribution in [1.82, 2.24) is 9.88 Å². The molecule has 8 nitrogen and oxygen atoms in total. The summed E-state index contributed by atoms with van der Waals surface area (Å²) in [6.45, 7) is 6.06. The van der Waals surface area contributed by atoms with E-state index < -0.39 is 27.1 Å². The minimum atomic E-state index is -3.71. The summed E-state index contributed by atoms with van der Waals surface area (Å²) < 4.78 is 29.9. The fourth-order valence-electron chi connectivity index (χ4n) is 5.29. The lowest BCUT2D eigenvalue weighted by Gasteiger charge is -2.46. The van der Waals surface area contributed by atoms with Crippen LogP contribution in [0.25, 0.3) is 11.1 Å². The number of carbonyl (C=O) groups is 1. The van der Waals surface area contributed by atoms with E-state index in [0.29, 0.717) is 19.4 Å². The van der Waals surface area contributed by atoms with E-state index in [1.807, 2.05) is 75.4 Å². The Morgan fingerprint density at radius 2 is 1.68 bits per heavy atom. The molecule has 3 N–H and O–H groups in total. The largest absolute Gasteiger partial charge is 0.438 e. The lowest BCUT2D eigenvalue weighted by Crippen LogP contribution is -2.51. The van der Waals surface area contributed by atoms with Crippen LogP contribution in [0.15, 0.2) is 77.7 Å². The molecule has 2 atom stereocenters. The second kappa shape index (κ2) is 10.1. The predicted octanol–water partition coefficient (Wildman–Crippen LogP) is 4.55. The number of cyclic esters (lactones) is 1. The van der Waals surface area contributed by atoms with E-state index in [4.69, 9.17) is 9.88 Å². The van der Waals surface area contributed by atoms with Gasteiger partial charge in [-0.3, -0.25) is 4.79 Å². The smallest absolute Gasteiger partial charge is 0.411 e. The zero-order chi connectivity index (χ0) is 26.8. The number of nitrogens with two attached hydrogens (primary N) is 1. The molecule has 1 aromatic heterocycles. The molecule has 0 radical (unpaired) electrons. The van der Waals surface area contributed by atoms with E-state index in [0.717, 1.165) is 22.3 Å². The Morgan fingerprint density at radius 1 is 1.03 bits per heavy atom. The monoisotopic (exact) mass is 523 g/mol. The van der Waals surface area contributed by atoms with Crippen LogP contribution in [-0.4, -0.2) is 36.7 Å². The van der Waals surface area contributed by atoms with Gasteiger partial charge in [-0.25, -0.2) is 18.4 Å². The Hall–Kier alpha value is -3.43. The number of pyridine rings is 1. The maximum atomic E-state index is 13.4. The van der Waals surface area contributed by atoms with Gasteiger partial charge in [0.1, 0.15) is 5.60 Å². The van der Waals surface area contributed by atoms with Crippen LogP contribution >= 0.6 is 0 Å². The molecule has 1 saturated heterocycles. The molecule has 9 heteroatoms. The number of benzene rings is 2. The Morgan fingerprint density at radius 3 is 2.24 bits per heavy atom. The average Bonchev–Trinajstić information content (AvgIpc) is 2.83. The van der Waals surface area contributed by atoms with Crippen molar-refractivity contribution in [2.24, 2.45) is 10.6 Å². The summed E-state index contributed by atoms with van der Waals surface area (Å²) >= 11 is 0. The molecule has 1 aliphatic rings. The molecule has 4 rings (SSSR count). The van der Waals surface area contributed by atoms with Gasteiger partial charge in [0.05, 0.1) is 11.8 Å². The number of nitrogens with one attached hydrogen (secondary N) is 1. The molecule has 37 heavy (non-hydrogen) atoms. The lowest BCUT2D eigenvalue weighted by molar-refractivity contribution is -0.0801. The summed E-state index contributed by atoms with van der Waals surface area (Å²) in [6.07, 6.45) is 2.06. The highest BCUT2D eigenvalue weighted by Crippen LogP contribution is 2.45. The summed E-state index contributed by atoms with van der Waals surface area (Å²) in [6, 6.07) is 20.3. The first-order valence-electron chi connectivity index (χ1n) is 12.2. The fourth-order valence-corrected chi connectivity index (χ4v) is 6.48. The van der Waals surface area contributed by atoms with Crippen molar-refractivity contribution < 1.29 is 17.9 Å². The third-order valence-corrected chi connectivity index (χ3v) is 8.09. The molecule has 1 fully saturated rings. The molecule has 0 unspecified atom stereocenters. The van der Waals surface area contributed by atoms with Gasteiger partial charge < -0.3 is 14.6 Å². The van der Waals surface area contributed by atoms with Crippen LogP contribution in [0.3, 0.4) is 0 Å². The molecule has 196 valence electrons. The number of nitrogens with zero attached hydrogens (tertiary/aromatic N) is 1. The number of primary sulfonamides is 1. The fraction of sp³-hybridized carbons (Fsp3) is 0.357. The Bertz CT molecular complexity index is 1400. The molecule has 0 spiro atoms. The van der Waals surface area contributed by atoms with E-state index in [1.165, 1.54) is 6.07 Å². The second-order valence-electron chi connectivity index (χ2n) is 10.6. The number of sulfonamides is 1. The van der Waals surface area contributed by atoms with Gasteiger partial charge in [-0.2, -0.15) is 0 Å². The predicted molar refractivity (Wildman–Crippen MR) is 143 cm³/mol. The minimum Gasteiger partial charge on any atom is -0.438 e. The SMILES string of the molecule is C[C@@H](c1ccc(-c2ccc(=O)[nH]c2)cc1)N1CC[C@@](CC(C)(C)CS(N)(=O)=O)(c2ccccc2)OC1=O. The van der Waals surface area contributed by atoms with E-state index in [2.05, 4.69) is 4.98 Å².